The largest absolute Gasteiger partial charge is 0.351 e. The van der Waals surface area contributed by atoms with E-state index in [-0.39, 0.29) is 11.8 Å². The summed E-state index contributed by atoms with van der Waals surface area (Å²) in [4.78, 5) is 27.1. The van der Waals surface area contributed by atoms with Gasteiger partial charge in [0, 0.05) is 26.7 Å². The first kappa shape index (κ1) is 17.3. The predicted octanol–water partition coefficient (Wildman–Crippen LogP) is 2.26. The smallest absolute Gasteiger partial charge is 0.314 e. The van der Waals surface area contributed by atoms with Gasteiger partial charge in [-0.15, -0.1) is 0 Å². The molecule has 0 spiro atoms. The van der Waals surface area contributed by atoms with Crippen molar-refractivity contribution in [3.63, 3.8) is 0 Å². The van der Waals surface area contributed by atoms with Gasteiger partial charge in [-0.25, -0.2) is 4.79 Å². The van der Waals surface area contributed by atoms with Gasteiger partial charge in [0.25, 0.3) is 0 Å². The number of rotatable bonds is 6. The van der Waals surface area contributed by atoms with Crippen LogP contribution in [-0.4, -0.2) is 48.4 Å². The van der Waals surface area contributed by atoms with Gasteiger partial charge in [-0.05, 0) is 37.7 Å². The summed E-state index contributed by atoms with van der Waals surface area (Å²) in [5.74, 6) is 0.0334. The zero-order chi connectivity index (χ0) is 16.7. The van der Waals surface area contributed by atoms with E-state index >= 15 is 0 Å². The van der Waals surface area contributed by atoms with Crippen molar-refractivity contribution in [3.8, 4) is 0 Å². The van der Waals surface area contributed by atoms with Gasteiger partial charge in [0.1, 0.15) is 0 Å². The molecule has 1 aliphatic rings. The van der Waals surface area contributed by atoms with E-state index in [9.17, 15) is 9.59 Å². The molecule has 0 saturated carbocycles. The van der Waals surface area contributed by atoms with Crippen molar-refractivity contribution in [1.29, 1.82) is 0 Å². The van der Waals surface area contributed by atoms with Crippen LogP contribution in [0.25, 0.3) is 0 Å². The molecule has 0 bridgehead atoms. The van der Waals surface area contributed by atoms with Crippen LogP contribution in [0, 0.1) is 5.92 Å². The number of piperidine rings is 1. The van der Waals surface area contributed by atoms with E-state index in [0.29, 0.717) is 13.1 Å². The number of likely N-dealkylation sites (tertiary alicyclic amines) is 1. The van der Waals surface area contributed by atoms with Crippen LogP contribution in [-0.2, 0) is 11.2 Å². The van der Waals surface area contributed by atoms with Gasteiger partial charge in [-0.2, -0.15) is 0 Å². The Balaban J connectivity index is 1.71. The normalized spacial score (nSPS) is 17.8. The van der Waals surface area contributed by atoms with E-state index in [1.54, 1.807) is 9.80 Å². The average molecular weight is 317 g/mol. The molecule has 1 fully saturated rings. The molecule has 1 atom stereocenters. The van der Waals surface area contributed by atoms with Crippen LogP contribution in [0.15, 0.2) is 30.3 Å². The molecule has 2 N–H and O–H groups in total. The van der Waals surface area contributed by atoms with Gasteiger partial charge in [-0.3, -0.25) is 4.79 Å². The van der Waals surface area contributed by atoms with Crippen LogP contribution < -0.4 is 5.73 Å². The molecule has 1 aromatic rings. The molecule has 23 heavy (non-hydrogen) atoms. The van der Waals surface area contributed by atoms with Crippen molar-refractivity contribution in [2.75, 3.05) is 26.7 Å². The van der Waals surface area contributed by atoms with Crippen molar-refractivity contribution >= 4 is 11.9 Å². The zero-order valence-electron chi connectivity index (χ0n) is 13.9. The minimum atomic E-state index is -0.423. The average Bonchev–Trinajstić information content (AvgIpc) is 2.59. The van der Waals surface area contributed by atoms with Crippen LogP contribution in [0.4, 0.5) is 4.79 Å². The van der Waals surface area contributed by atoms with Crippen LogP contribution >= 0.6 is 0 Å². The van der Waals surface area contributed by atoms with E-state index in [1.807, 2.05) is 13.1 Å². The van der Waals surface area contributed by atoms with Crippen molar-refractivity contribution in [1.82, 2.24) is 9.80 Å². The van der Waals surface area contributed by atoms with Crippen LogP contribution in [0.5, 0.6) is 0 Å². The summed E-state index contributed by atoms with van der Waals surface area (Å²) in [6.07, 6.45) is 4.79. The van der Waals surface area contributed by atoms with Crippen LogP contribution in [0.3, 0.4) is 0 Å². The first-order valence-electron chi connectivity index (χ1n) is 8.41. The Bertz CT molecular complexity index is 518. The molecular formula is C18H27N3O2. The number of hydrogen-bond acceptors (Lipinski definition) is 2. The van der Waals surface area contributed by atoms with E-state index in [0.717, 1.165) is 38.6 Å². The maximum atomic E-state index is 12.5. The summed E-state index contributed by atoms with van der Waals surface area (Å²) in [6, 6.07) is 9.98. The fourth-order valence-electron chi connectivity index (χ4n) is 3.12. The number of nitrogens with two attached hydrogens (primary N) is 1. The molecule has 1 aliphatic heterocycles. The van der Waals surface area contributed by atoms with Crippen molar-refractivity contribution in [2.45, 2.75) is 32.1 Å². The number of benzene rings is 1. The first-order chi connectivity index (χ1) is 11.1. The fourth-order valence-corrected chi connectivity index (χ4v) is 3.12. The van der Waals surface area contributed by atoms with E-state index in [4.69, 9.17) is 5.73 Å². The summed E-state index contributed by atoms with van der Waals surface area (Å²) in [6.45, 7) is 1.89. The molecular weight excluding hydrogens is 290 g/mol. The summed E-state index contributed by atoms with van der Waals surface area (Å²) < 4.78 is 0. The highest BCUT2D eigenvalue weighted by Crippen LogP contribution is 2.18. The lowest BCUT2D eigenvalue weighted by molar-refractivity contribution is -0.135. The minimum Gasteiger partial charge on any atom is -0.351 e. The van der Waals surface area contributed by atoms with Crippen molar-refractivity contribution < 1.29 is 9.59 Å². The number of primary amides is 1. The van der Waals surface area contributed by atoms with Gasteiger partial charge in [0.05, 0.1) is 5.92 Å². The Kier molecular flexibility index (Phi) is 6.44. The van der Waals surface area contributed by atoms with E-state index in [1.165, 1.54) is 5.56 Å². The molecule has 5 heteroatoms. The molecule has 0 aliphatic carbocycles. The summed E-state index contributed by atoms with van der Waals surface area (Å²) in [7, 11) is 1.86. The Hall–Kier alpha value is -2.04. The molecule has 3 amide bonds. The summed E-state index contributed by atoms with van der Waals surface area (Å²) in [5, 5.41) is 0. The highest BCUT2D eigenvalue weighted by atomic mass is 16.2. The molecule has 5 nitrogen and oxygen atoms in total. The number of carbonyl (C=O) groups is 2. The Morgan fingerprint density at radius 1 is 1.26 bits per heavy atom. The van der Waals surface area contributed by atoms with Gasteiger partial charge < -0.3 is 15.5 Å². The molecule has 1 aromatic carbocycles. The lowest BCUT2D eigenvalue weighted by Crippen LogP contribution is -2.47. The third-order valence-electron chi connectivity index (χ3n) is 4.51. The second-order valence-corrected chi connectivity index (χ2v) is 6.33. The first-order valence-corrected chi connectivity index (χ1v) is 8.41. The number of unbranched alkanes of at least 4 members (excludes halogenated alkanes) is 1. The number of carbonyl (C=O) groups excluding carboxylic acids is 2. The third kappa shape index (κ3) is 5.27. The maximum absolute atomic E-state index is 12.5. The third-order valence-corrected chi connectivity index (χ3v) is 4.51. The number of aryl methyl sites for hydroxylation is 1. The summed E-state index contributed by atoms with van der Waals surface area (Å²) in [5.41, 5.74) is 6.66. The standard InChI is InChI=1S/C18H27N3O2/c1-20(12-6-5-10-15-8-3-2-4-9-15)17(22)16-11-7-13-21(14-16)18(19)23/h2-4,8-9,16H,5-7,10-14H2,1H3,(H2,19,23). The Morgan fingerprint density at radius 3 is 2.70 bits per heavy atom. The fraction of sp³-hybridized carbons (Fsp3) is 0.556. The molecule has 2 rings (SSSR count). The minimum absolute atomic E-state index is 0.102. The number of hydrogen-bond donors (Lipinski definition) is 1. The van der Waals surface area contributed by atoms with Crippen molar-refractivity contribution in [3.05, 3.63) is 35.9 Å². The Labute approximate surface area is 138 Å². The van der Waals surface area contributed by atoms with Crippen LogP contribution in [0.1, 0.15) is 31.2 Å². The second-order valence-electron chi connectivity index (χ2n) is 6.33. The van der Waals surface area contributed by atoms with Gasteiger partial charge in [0.15, 0.2) is 0 Å². The topological polar surface area (TPSA) is 66.6 Å². The highest BCUT2D eigenvalue weighted by Gasteiger charge is 2.29. The lowest BCUT2D eigenvalue weighted by Gasteiger charge is -2.33. The Morgan fingerprint density at radius 2 is 2.00 bits per heavy atom. The quantitative estimate of drug-likeness (QED) is 0.818. The number of amides is 3. The predicted molar refractivity (Wildman–Crippen MR) is 90.9 cm³/mol. The van der Waals surface area contributed by atoms with Gasteiger partial charge >= 0.3 is 6.03 Å². The van der Waals surface area contributed by atoms with Gasteiger partial charge in [-0.1, -0.05) is 30.3 Å². The highest BCUT2D eigenvalue weighted by molar-refractivity contribution is 5.80. The van der Waals surface area contributed by atoms with E-state index < -0.39 is 6.03 Å². The molecule has 1 saturated heterocycles. The monoisotopic (exact) mass is 317 g/mol. The summed E-state index contributed by atoms with van der Waals surface area (Å²) >= 11 is 0. The SMILES string of the molecule is CN(CCCCc1ccccc1)C(=O)C1CCCN(C(N)=O)C1. The lowest BCUT2D eigenvalue weighted by atomic mass is 9.96. The molecule has 126 valence electrons. The maximum Gasteiger partial charge on any atom is 0.314 e. The molecule has 0 aromatic heterocycles. The number of urea groups is 1. The number of nitrogens with zero attached hydrogens (tertiary/aromatic N) is 2. The molecule has 1 unspecified atom stereocenters. The van der Waals surface area contributed by atoms with Crippen molar-refractivity contribution in [2.24, 2.45) is 11.7 Å². The van der Waals surface area contributed by atoms with Crippen LogP contribution in [0.2, 0.25) is 0 Å². The molecule has 0 radical (unpaired) electrons. The van der Waals surface area contributed by atoms with E-state index in [2.05, 4.69) is 24.3 Å². The van der Waals surface area contributed by atoms with Gasteiger partial charge in [0.2, 0.25) is 5.91 Å². The second kappa shape index (κ2) is 8.56. The zero-order valence-corrected chi connectivity index (χ0v) is 13.9. The molecule has 1 heterocycles.